The van der Waals surface area contributed by atoms with Gasteiger partial charge in [-0.2, -0.15) is 9.61 Å². The van der Waals surface area contributed by atoms with E-state index < -0.39 is 0 Å². The van der Waals surface area contributed by atoms with Gasteiger partial charge in [0.1, 0.15) is 17.6 Å². The van der Waals surface area contributed by atoms with Gasteiger partial charge in [0.25, 0.3) is 0 Å². The van der Waals surface area contributed by atoms with Gasteiger partial charge in [0.15, 0.2) is 10.8 Å². The first-order chi connectivity index (χ1) is 12.2. The lowest BCUT2D eigenvalue weighted by atomic mass is 10.2. The van der Waals surface area contributed by atoms with Crippen LogP contribution in [0.4, 0.5) is 0 Å². The van der Waals surface area contributed by atoms with E-state index >= 15 is 0 Å². The van der Waals surface area contributed by atoms with Gasteiger partial charge in [-0.05, 0) is 31.2 Å². The zero-order valence-electron chi connectivity index (χ0n) is 13.8. The second kappa shape index (κ2) is 6.52. The van der Waals surface area contributed by atoms with Gasteiger partial charge in [0.2, 0.25) is 4.96 Å². The molecule has 0 aliphatic carbocycles. The normalized spacial score (nSPS) is 12.2. The highest BCUT2D eigenvalue weighted by atomic mass is 32.1. The van der Waals surface area contributed by atoms with Crippen LogP contribution in [0.25, 0.3) is 16.3 Å². The fourth-order valence-electron chi connectivity index (χ4n) is 2.49. The largest absolute Gasteiger partial charge is 0.497 e. The molecule has 7 heteroatoms. The number of hydrogen-bond acceptors (Lipinski definition) is 6. The Balaban J connectivity index is 1.66. The van der Waals surface area contributed by atoms with Crippen LogP contribution in [0.2, 0.25) is 0 Å². The lowest BCUT2D eigenvalue weighted by Gasteiger charge is -2.11. The molecule has 0 saturated carbocycles. The number of benzene rings is 2. The summed E-state index contributed by atoms with van der Waals surface area (Å²) in [4.78, 5) is 0.733. The maximum atomic E-state index is 5.95. The second-order valence-corrected chi connectivity index (χ2v) is 6.45. The summed E-state index contributed by atoms with van der Waals surface area (Å²) in [6, 6.07) is 17.4. The zero-order valence-corrected chi connectivity index (χ0v) is 14.6. The van der Waals surface area contributed by atoms with Gasteiger partial charge < -0.3 is 9.47 Å². The zero-order chi connectivity index (χ0) is 17.2. The Morgan fingerprint density at radius 3 is 2.60 bits per heavy atom. The number of rotatable bonds is 5. The number of fused-ring (bicyclic) bond motifs is 1. The fourth-order valence-corrected chi connectivity index (χ4v) is 3.31. The molecule has 0 aliphatic heterocycles. The maximum Gasteiger partial charge on any atom is 0.235 e. The quantitative estimate of drug-likeness (QED) is 0.543. The monoisotopic (exact) mass is 352 g/mol. The molecular formula is C18H16N4O2S. The molecule has 0 fully saturated rings. The van der Waals surface area contributed by atoms with Crippen molar-refractivity contribution < 1.29 is 9.47 Å². The number of methoxy groups -OCH3 is 1. The molecule has 126 valence electrons. The number of para-hydroxylation sites is 1. The van der Waals surface area contributed by atoms with Crippen molar-refractivity contribution in [3.05, 3.63) is 59.6 Å². The second-order valence-electron chi connectivity index (χ2n) is 5.46. The molecule has 1 atom stereocenters. The summed E-state index contributed by atoms with van der Waals surface area (Å²) in [6.07, 6.45) is -0.174. The Kier molecular flexibility index (Phi) is 4.07. The summed E-state index contributed by atoms with van der Waals surface area (Å²) < 4.78 is 13.0. The summed E-state index contributed by atoms with van der Waals surface area (Å²) in [5, 5.41) is 14.0. The first kappa shape index (κ1) is 15.6. The highest BCUT2D eigenvalue weighted by molar-refractivity contribution is 7.16. The third kappa shape index (κ3) is 3.06. The molecule has 0 bridgehead atoms. The van der Waals surface area contributed by atoms with Crippen LogP contribution < -0.4 is 9.47 Å². The topological polar surface area (TPSA) is 61.5 Å². The smallest absolute Gasteiger partial charge is 0.235 e. The highest BCUT2D eigenvalue weighted by Crippen LogP contribution is 2.28. The average molecular weight is 352 g/mol. The van der Waals surface area contributed by atoms with Crippen molar-refractivity contribution >= 4 is 16.3 Å². The van der Waals surface area contributed by atoms with E-state index in [9.17, 15) is 0 Å². The Morgan fingerprint density at radius 1 is 1.00 bits per heavy atom. The molecule has 0 saturated heterocycles. The van der Waals surface area contributed by atoms with E-state index in [0.717, 1.165) is 27.0 Å². The van der Waals surface area contributed by atoms with Crippen LogP contribution in [0.5, 0.6) is 11.5 Å². The van der Waals surface area contributed by atoms with Gasteiger partial charge in [0.05, 0.1) is 7.11 Å². The van der Waals surface area contributed by atoms with E-state index in [1.165, 1.54) is 11.3 Å². The van der Waals surface area contributed by atoms with E-state index in [-0.39, 0.29) is 6.10 Å². The third-order valence-corrected chi connectivity index (χ3v) is 4.80. The molecule has 0 N–H and O–H groups in total. The molecule has 1 unspecified atom stereocenters. The van der Waals surface area contributed by atoms with Crippen molar-refractivity contribution in [3.8, 4) is 22.9 Å². The molecule has 4 rings (SSSR count). The fraction of sp³-hybridized carbons (Fsp3) is 0.167. The molecule has 6 nitrogen and oxygen atoms in total. The van der Waals surface area contributed by atoms with Crippen molar-refractivity contribution in [2.45, 2.75) is 13.0 Å². The summed E-state index contributed by atoms with van der Waals surface area (Å²) in [5.41, 5.74) is 0.903. The molecule has 25 heavy (non-hydrogen) atoms. The molecule has 0 amide bonds. The van der Waals surface area contributed by atoms with Crippen molar-refractivity contribution in [2.75, 3.05) is 7.11 Å². The molecule has 0 aliphatic rings. The van der Waals surface area contributed by atoms with Crippen LogP contribution in [0.1, 0.15) is 18.0 Å². The molecule has 2 aromatic heterocycles. The molecule has 2 aromatic carbocycles. The van der Waals surface area contributed by atoms with Crippen LogP contribution in [0.15, 0.2) is 54.6 Å². The Morgan fingerprint density at radius 2 is 1.80 bits per heavy atom. The predicted octanol–water partition coefficient (Wildman–Crippen LogP) is 4.00. The summed E-state index contributed by atoms with van der Waals surface area (Å²) in [6.45, 7) is 1.98. The van der Waals surface area contributed by atoms with Crippen LogP contribution in [-0.2, 0) is 0 Å². The van der Waals surface area contributed by atoms with E-state index in [4.69, 9.17) is 9.47 Å². The predicted molar refractivity (Wildman–Crippen MR) is 96.1 cm³/mol. The van der Waals surface area contributed by atoms with Crippen molar-refractivity contribution in [3.63, 3.8) is 0 Å². The SMILES string of the molecule is COc1cccc(-c2nnc3sc(C(C)Oc4ccccc4)nn23)c1. The summed E-state index contributed by atoms with van der Waals surface area (Å²) in [7, 11) is 1.64. The number of aromatic nitrogens is 4. The molecule has 4 aromatic rings. The van der Waals surface area contributed by atoms with Gasteiger partial charge in [-0.1, -0.05) is 41.7 Å². The van der Waals surface area contributed by atoms with E-state index in [2.05, 4.69) is 15.3 Å². The standard InChI is InChI=1S/C18H16N4O2S/c1-12(24-14-8-4-3-5-9-14)17-21-22-16(19-20-18(22)25-17)13-7-6-10-15(11-13)23-2/h3-12H,1-2H3. The maximum absolute atomic E-state index is 5.95. The Labute approximate surface area is 148 Å². The first-order valence-electron chi connectivity index (χ1n) is 7.83. The van der Waals surface area contributed by atoms with Crippen molar-refractivity contribution in [1.29, 1.82) is 0 Å². The van der Waals surface area contributed by atoms with Crippen molar-refractivity contribution in [1.82, 2.24) is 19.8 Å². The Hall–Kier alpha value is -2.93. The summed E-state index contributed by atoms with van der Waals surface area (Å²) in [5.74, 6) is 2.27. The first-order valence-corrected chi connectivity index (χ1v) is 8.64. The lowest BCUT2D eigenvalue weighted by molar-refractivity contribution is 0.225. The van der Waals surface area contributed by atoms with Crippen molar-refractivity contribution in [2.24, 2.45) is 0 Å². The number of hydrogen-bond donors (Lipinski definition) is 0. The molecule has 2 heterocycles. The lowest BCUT2D eigenvalue weighted by Crippen LogP contribution is -2.03. The number of nitrogens with zero attached hydrogens (tertiary/aromatic N) is 4. The van der Waals surface area contributed by atoms with Gasteiger partial charge in [-0.15, -0.1) is 10.2 Å². The molecule has 0 radical (unpaired) electrons. The van der Waals surface area contributed by atoms with E-state index in [1.807, 2.05) is 61.5 Å². The minimum Gasteiger partial charge on any atom is -0.497 e. The van der Waals surface area contributed by atoms with Crippen LogP contribution >= 0.6 is 11.3 Å². The van der Waals surface area contributed by atoms with Gasteiger partial charge >= 0.3 is 0 Å². The highest BCUT2D eigenvalue weighted by Gasteiger charge is 2.18. The minimum absolute atomic E-state index is 0.174. The average Bonchev–Trinajstić information content (AvgIpc) is 3.23. The molecular weight excluding hydrogens is 336 g/mol. The van der Waals surface area contributed by atoms with Gasteiger partial charge in [-0.25, -0.2) is 0 Å². The van der Waals surface area contributed by atoms with Gasteiger partial charge in [0, 0.05) is 5.56 Å². The minimum atomic E-state index is -0.174. The van der Waals surface area contributed by atoms with E-state index in [1.54, 1.807) is 11.6 Å². The molecule has 0 spiro atoms. The van der Waals surface area contributed by atoms with Gasteiger partial charge in [-0.3, -0.25) is 0 Å². The Bertz CT molecular complexity index is 997. The van der Waals surface area contributed by atoms with Crippen LogP contribution in [0, 0.1) is 0 Å². The summed E-state index contributed by atoms with van der Waals surface area (Å²) >= 11 is 1.47. The van der Waals surface area contributed by atoms with Crippen LogP contribution in [0.3, 0.4) is 0 Å². The van der Waals surface area contributed by atoms with Crippen LogP contribution in [-0.4, -0.2) is 26.9 Å². The number of ether oxygens (including phenoxy) is 2. The van der Waals surface area contributed by atoms with E-state index in [0.29, 0.717) is 5.82 Å². The third-order valence-electron chi connectivity index (χ3n) is 3.74.